The minimum Gasteiger partial charge on any atom is -0.376 e. The van der Waals surface area contributed by atoms with Crippen LogP contribution in [0.2, 0.25) is 0 Å². The van der Waals surface area contributed by atoms with Gasteiger partial charge in [-0.3, -0.25) is 4.66 Å². The van der Waals surface area contributed by atoms with Crippen LogP contribution < -0.4 is 0 Å². The highest BCUT2D eigenvalue weighted by molar-refractivity contribution is 6.04. The molecule has 2 atom stereocenters. The number of rotatable bonds is 4. The maximum atomic E-state index is 6.47. The van der Waals surface area contributed by atoms with Gasteiger partial charge in [-0.05, 0) is 0 Å². The maximum absolute atomic E-state index is 6.47. The maximum Gasteiger partial charge on any atom is 0.104 e. The van der Waals surface area contributed by atoms with Gasteiger partial charge in [-0.25, -0.2) is 0 Å². The van der Waals surface area contributed by atoms with Crippen LogP contribution in [0.4, 0.5) is 0 Å². The lowest BCUT2D eigenvalue weighted by atomic mass is 10.5. The lowest BCUT2D eigenvalue weighted by Crippen LogP contribution is -2.06. The van der Waals surface area contributed by atoms with Crippen LogP contribution in [-0.2, 0) is 14.2 Å². The Balaban J connectivity index is 0.000000281. The van der Waals surface area contributed by atoms with Gasteiger partial charge in [-0.15, -0.1) is 0 Å². The fourth-order valence-corrected chi connectivity index (χ4v) is 0.659. The molecule has 11 heavy (non-hydrogen) atoms. The van der Waals surface area contributed by atoms with Crippen LogP contribution >= 0.6 is 11.9 Å². The van der Waals surface area contributed by atoms with E-state index in [4.69, 9.17) is 18.9 Å². The Bertz CT molecular complexity index is 90.8. The molecule has 2 saturated heterocycles. The van der Waals surface area contributed by atoms with Crippen molar-refractivity contribution in [3.63, 3.8) is 0 Å². The number of halogens is 1. The molecule has 2 aliphatic heterocycles. The first-order valence-corrected chi connectivity index (χ1v) is 3.77. The van der Waals surface area contributed by atoms with Crippen molar-refractivity contribution >= 4 is 11.9 Å². The number of hydrogen-bond acceptors (Lipinski definition) is 4. The standard InChI is InChI=1S/C6H10O3.ClHO/c1(5-3-8-5)7-2-6-4-9-6;1-2/h5-6H,1-4H2;2H. The number of hydrogen-bond donors (Lipinski definition) is 1. The number of epoxide rings is 2. The summed E-state index contributed by atoms with van der Waals surface area (Å²) in [5.74, 6) is 0. The van der Waals surface area contributed by atoms with Gasteiger partial charge in [0.25, 0.3) is 0 Å². The highest BCUT2D eigenvalue weighted by atomic mass is 35.5. The Labute approximate surface area is 70.2 Å². The molecule has 0 bridgehead atoms. The monoisotopic (exact) mass is 182 g/mol. The van der Waals surface area contributed by atoms with Crippen molar-refractivity contribution in [1.82, 2.24) is 0 Å². The molecular formula is C6H11ClO4. The molecule has 1 N–H and O–H groups in total. The molecule has 2 unspecified atom stereocenters. The first-order valence-electron chi connectivity index (χ1n) is 3.43. The summed E-state index contributed by atoms with van der Waals surface area (Å²) >= 11 is 3.64. The third-order valence-corrected chi connectivity index (χ3v) is 1.41. The zero-order valence-corrected chi connectivity index (χ0v) is 6.79. The Hall–Kier alpha value is 0.130. The van der Waals surface area contributed by atoms with E-state index in [0.29, 0.717) is 12.2 Å². The van der Waals surface area contributed by atoms with E-state index in [1.54, 1.807) is 0 Å². The minimum atomic E-state index is 0.392. The van der Waals surface area contributed by atoms with Gasteiger partial charge in [0, 0.05) is 0 Å². The Morgan fingerprint density at radius 3 is 1.82 bits per heavy atom. The van der Waals surface area contributed by atoms with Crippen LogP contribution in [0.1, 0.15) is 0 Å². The molecule has 4 nitrogen and oxygen atoms in total. The summed E-state index contributed by atoms with van der Waals surface area (Å²) in [6.45, 7) is 3.26. The van der Waals surface area contributed by atoms with Crippen molar-refractivity contribution in [2.24, 2.45) is 0 Å². The van der Waals surface area contributed by atoms with Crippen LogP contribution in [0, 0.1) is 0 Å². The molecule has 2 aliphatic rings. The molecule has 0 saturated carbocycles. The molecule has 0 aromatic carbocycles. The smallest absolute Gasteiger partial charge is 0.104 e. The van der Waals surface area contributed by atoms with Gasteiger partial charge in [-0.1, -0.05) is 0 Å². The summed E-state index contributed by atoms with van der Waals surface area (Å²) < 4.78 is 21.6. The molecule has 2 heterocycles. The van der Waals surface area contributed by atoms with Gasteiger partial charge < -0.3 is 14.2 Å². The summed E-state index contributed by atoms with van der Waals surface area (Å²) in [6.07, 6.45) is 0.785. The zero-order valence-electron chi connectivity index (χ0n) is 6.03. The molecule has 0 aliphatic carbocycles. The van der Waals surface area contributed by atoms with Crippen molar-refractivity contribution in [2.45, 2.75) is 12.2 Å². The lowest BCUT2D eigenvalue weighted by molar-refractivity contribution is 0.102. The SMILES string of the molecule is C(OCC1CO1)C1CO1.OCl. The van der Waals surface area contributed by atoms with E-state index in [1.807, 2.05) is 0 Å². The van der Waals surface area contributed by atoms with Gasteiger partial charge in [0.05, 0.1) is 38.3 Å². The molecule has 5 heteroatoms. The average Bonchev–Trinajstić information content (AvgIpc) is 2.86. The predicted molar refractivity (Wildman–Crippen MR) is 38.4 cm³/mol. The molecule has 0 aromatic heterocycles. The van der Waals surface area contributed by atoms with Crippen molar-refractivity contribution in [2.75, 3.05) is 26.4 Å². The van der Waals surface area contributed by atoms with Gasteiger partial charge >= 0.3 is 0 Å². The van der Waals surface area contributed by atoms with Gasteiger partial charge in [0.2, 0.25) is 0 Å². The average molecular weight is 183 g/mol. The summed E-state index contributed by atoms with van der Waals surface area (Å²) in [5, 5.41) is 0. The fourth-order valence-electron chi connectivity index (χ4n) is 0.659. The van der Waals surface area contributed by atoms with Gasteiger partial charge in [-0.2, -0.15) is 0 Å². The first-order chi connectivity index (χ1) is 5.45. The van der Waals surface area contributed by atoms with Crippen LogP contribution in [0.15, 0.2) is 0 Å². The van der Waals surface area contributed by atoms with Gasteiger partial charge in [0.1, 0.15) is 12.2 Å². The second-order valence-corrected chi connectivity index (χ2v) is 2.45. The first kappa shape index (κ1) is 9.22. The fraction of sp³-hybridized carbons (Fsp3) is 1.00. The predicted octanol–water partition coefficient (Wildman–Crippen LogP) is -0.0669. The topological polar surface area (TPSA) is 54.5 Å². The summed E-state index contributed by atoms with van der Waals surface area (Å²) in [5.41, 5.74) is 0. The van der Waals surface area contributed by atoms with E-state index in [9.17, 15) is 0 Å². The Kier molecular flexibility index (Phi) is 4.11. The second kappa shape index (κ2) is 4.90. The van der Waals surface area contributed by atoms with E-state index in [0.717, 1.165) is 26.4 Å². The Morgan fingerprint density at radius 1 is 1.18 bits per heavy atom. The number of ether oxygens (including phenoxy) is 3. The normalized spacial score (nSPS) is 32.2. The third-order valence-electron chi connectivity index (χ3n) is 1.41. The molecule has 0 radical (unpaired) electrons. The van der Waals surface area contributed by atoms with Crippen molar-refractivity contribution in [1.29, 1.82) is 0 Å². The van der Waals surface area contributed by atoms with E-state index in [1.165, 1.54) is 0 Å². The van der Waals surface area contributed by atoms with E-state index < -0.39 is 0 Å². The second-order valence-electron chi connectivity index (χ2n) is 2.45. The van der Waals surface area contributed by atoms with Crippen LogP contribution in [0.5, 0.6) is 0 Å². The van der Waals surface area contributed by atoms with Crippen LogP contribution in [0.3, 0.4) is 0 Å². The summed E-state index contributed by atoms with van der Waals surface area (Å²) in [7, 11) is 0. The zero-order chi connectivity index (χ0) is 8.10. The molecule has 0 aromatic rings. The molecule has 2 rings (SSSR count). The minimum absolute atomic E-state index is 0.392. The van der Waals surface area contributed by atoms with E-state index in [-0.39, 0.29) is 0 Å². The molecular weight excluding hydrogens is 172 g/mol. The largest absolute Gasteiger partial charge is 0.376 e. The van der Waals surface area contributed by atoms with Crippen LogP contribution in [0.25, 0.3) is 0 Å². The molecule has 0 spiro atoms. The lowest BCUT2D eigenvalue weighted by Gasteiger charge is -1.95. The van der Waals surface area contributed by atoms with Crippen molar-refractivity contribution in [3.8, 4) is 0 Å². The van der Waals surface area contributed by atoms with E-state index in [2.05, 4.69) is 11.9 Å². The highest BCUT2D eigenvalue weighted by Gasteiger charge is 2.26. The molecule has 0 amide bonds. The quantitative estimate of drug-likeness (QED) is 0.619. The molecule has 2 fully saturated rings. The molecule has 66 valence electrons. The van der Waals surface area contributed by atoms with Crippen molar-refractivity contribution < 1.29 is 18.9 Å². The van der Waals surface area contributed by atoms with Crippen molar-refractivity contribution in [3.05, 3.63) is 0 Å². The van der Waals surface area contributed by atoms with Gasteiger partial charge in [0.15, 0.2) is 0 Å². The Morgan fingerprint density at radius 2 is 1.55 bits per heavy atom. The highest BCUT2D eigenvalue weighted by Crippen LogP contribution is 2.12. The third kappa shape index (κ3) is 4.55. The van der Waals surface area contributed by atoms with E-state index >= 15 is 0 Å². The summed E-state index contributed by atoms with van der Waals surface area (Å²) in [6, 6.07) is 0. The van der Waals surface area contributed by atoms with Crippen LogP contribution in [-0.4, -0.2) is 43.3 Å². The summed E-state index contributed by atoms with van der Waals surface area (Å²) in [4.78, 5) is 0.